The third-order valence-corrected chi connectivity index (χ3v) is 7.67. The number of esters is 1. The molecule has 0 saturated heterocycles. The number of rotatable bonds is 5. The summed E-state index contributed by atoms with van der Waals surface area (Å²) in [5.41, 5.74) is 5.15. The molecule has 4 saturated carbocycles. The van der Waals surface area contributed by atoms with Crippen molar-refractivity contribution in [3.8, 4) is 16.9 Å². The molecular weight excluding hydrogens is 372 g/mol. The van der Waals surface area contributed by atoms with Crippen LogP contribution in [0.3, 0.4) is 0 Å². The van der Waals surface area contributed by atoms with E-state index in [0.717, 1.165) is 29.1 Å². The second-order valence-corrected chi connectivity index (χ2v) is 9.59. The molecule has 0 amide bonds. The molecule has 0 aliphatic heterocycles. The molecule has 156 valence electrons. The Kier molecular flexibility index (Phi) is 4.92. The Morgan fingerprint density at radius 3 is 2.07 bits per heavy atom. The first kappa shape index (κ1) is 19.4. The Morgan fingerprint density at radius 1 is 0.900 bits per heavy atom. The molecule has 0 unspecified atom stereocenters. The summed E-state index contributed by atoms with van der Waals surface area (Å²) in [7, 11) is 3.20. The van der Waals surface area contributed by atoms with E-state index in [2.05, 4.69) is 35.1 Å². The minimum Gasteiger partial charge on any atom is -0.496 e. The van der Waals surface area contributed by atoms with Crippen molar-refractivity contribution < 1.29 is 14.3 Å². The number of carbonyl (C=O) groups excluding carboxylic acids is 1. The molecule has 0 N–H and O–H groups in total. The van der Waals surface area contributed by atoms with Gasteiger partial charge < -0.3 is 9.47 Å². The van der Waals surface area contributed by atoms with Crippen LogP contribution in [0.1, 0.15) is 49.7 Å². The second kappa shape index (κ2) is 7.61. The van der Waals surface area contributed by atoms with E-state index in [1.807, 2.05) is 12.1 Å². The maximum absolute atomic E-state index is 11.3. The van der Waals surface area contributed by atoms with Crippen LogP contribution in [0, 0.1) is 17.8 Å². The van der Waals surface area contributed by atoms with Gasteiger partial charge in [0.25, 0.3) is 0 Å². The van der Waals surface area contributed by atoms with Crippen molar-refractivity contribution in [2.45, 2.75) is 43.9 Å². The number of hydrogen-bond donors (Lipinski definition) is 0. The SMILES string of the molecule is COC(=O)C=Cc1ccc(-c2ccc(OC)c(C34CC5CC(CC(C5)C3)C4)c2)cc1. The molecule has 0 radical (unpaired) electrons. The molecule has 4 fully saturated rings. The number of methoxy groups -OCH3 is 2. The maximum atomic E-state index is 11.3. The number of benzene rings is 2. The molecule has 4 aliphatic rings. The van der Waals surface area contributed by atoms with E-state index in [1.165, 1.54) is 68.4 Å². The van der Waals surface area contributed by atoms with Gasteiger partial charge in [0.1, 0.15) is 5.75 Å². The van der Waals surface area contributed by atoms with Crippen LogP contribution >= 0.6 is 0 Å². The van der Waals surface area contributed by atoms with Crippen LogP contribution in [0.25, 0.3) is 17.2 Å². The highest BCUT2D eigenvalue weighted by Crippen LogP contribution is 2.62. The molecular formula is C27H30O3. The smallest absolute Gasteiger partial charge is 0.330 e. The van der Waals surface area contributed by atoms with Gasteiger partial charge in [-0.3, -0.25) is 0 Å². The molecule has 3 heteroatoms. The van der Waals surface area contributed by atoms with E-state index >= 15 is 0 Å². The van der Waals surface area contributed by atoms with E-state index in [9.17, 15) is 4.79 Å². The van der Waals surface area contributed by atoms with E-state index < -0.39 is 0 Å². The van der Waals surface area contributed by atoms with E-state index in [0.29, 0.717) is 5.41 Å². The van der Waals surface area contributed by atoms with Crippen molar-refractivity contribution in [1.29, 1.82) is 0 Å². The van der Waals surface area contributed by atoms with Crippen LogP contribution in [0.4, 0.5) is 0 Å². The lowest BCUT2D eigenvalue weighted by molar-refractivity contribution is -0.134. The average molecular weight is 403 g/mol. The summed E-state index contributed by atoms with van der Waals surface area (Å²) in [6.07, 6.45) is 11.6. The summed E-state index contributed by atoms with van der Waals surface area (Å²) in [5, 5.41) is 0. The Hall–Kier alpha value is -2.55. The largest absolute Gasteiger partial charge is 0.496 e. The van der Waals surface area contributed by atoms with Crippen LogP contribution in [0.2, 0.25) is 0 Å². The Labute approximate surface area is 179 Å². The quantitative estimate of drug-likeness (QED) is 0.453. The molecule has 0 spiro atoms. The van der Waals surface area contributed by atoms with Crippen LogP contribution in [0.15, 0.2) is 48.5 Å². The molecule has 3 nitrogen and oxygen atoms in total. The highest BCUT2D eigenvalue weighted by Gasteiger charge is 2.52. The molecule has 30 heavy (non-hydrogen) atoms. The average Bonchev–Trinajstić information content (AvgIpc) is 2.76. The summed E-state index contributed by atoms with van der Waals surface area (Å²) < 4.78 is 10.5. The van der Waals surface area contributed by atoms with E-state index in [4.69, 9.17) is 4.74 Å². The summed E-state index contributed by atoms with van der Waals surface area (Å²) in [4.78, 5) is 11.3. The predicted molar refractivity (Wildman–Crippen MR) is 119 cm³/mol. The second-order valence-electron chi connectivity index (χ2n) is 9.59. The van der Waals surface area contributed by atoms with Crippen molar-refractivity contribution in [3.63, 3.8) is 0 Å². The standard InChI is InChI=1S/C27H30O3/c1-29-25-9-8-23(22-6-3-18(4-7-22)5-10-26(28)30-2)14-24(25)27-15-19-11-20(16-27)13-21(12-19)17-27/h3-10,14,19-21H,11-13,15-17H2,1-2H3. The van der Waals surface area contributed by atoms with E-state index in [-0.39, 0.29) is 5.97 Å². The Balaban J connectivity index is 1.47. The third kappa shape index (κ3) is 3.45. The minimum atomic E-state index is -0.338. The molecule has 2 aromatic carbocycles. The molecule has 2 aromatic rings. The maximum Gasteiger partial charge on any atom is 0.330 e. The fraction of sp³-hybridized carbons (Fsp3) is 0.444. The van der Waals surface area contributed by atoms with Gasteiger partial charge in [-0.15, -0.1) is 0 Å². The van der Waals surface area contributed by atoms with Gasteiger partial charge in [0.05, 0.1) is 14.2 Å². The first-order chi connectivity index (χ1) is 14.6. The summed E-state index contributed by atoms with van der Waals surface area (Å²) in [6.45, 7) is 0. The number of hydrogen-bond acceptors (Lipinski definition) is 3. The van der Waals surface area contributed by atoms with Crippen molar-refractivity contribution in [3.05, 3.63) is 59.7 Å². The van der Waals surface area contributed by atoms with Crippen LogP contribution in [-0.4, -0.2) is 20.2 Å². The first-order valence-corrected chi connectivity index (χ1v) is 11.1. The van der Waals surface area contributed by atoms with Gasteiger partial charge >= 0.3 is 5.97 Å². The van der Waals surface area contributed by atoms with Gasteiger partial charge in [0.2, 0.25) is 0 Å². The lowest BCUT2D eigenvalue weighted by Crippen LogP contribution is -2.48. The summed E-state index contributed by atoms with van der Waals surface area (Å²) in [5.74, 6) is 3.44. The highest BCUT2D eigenvalue weighted by atomic mass is 16.5. The van der Waals surface area contributed by atoms with Crippen LogP contribution in [-0.2, 0) is 14.9 Å². The fourth-order valence-electron chi connectivity index (χ4n) is 6.76. The molecule has 4 bridgehead atoms. The Bertz CT molecular complexity index is 935. The number of ether oxygens (including phenoxy) is 2. The molecule has 0 aromatic heterocycles. The molecule has 6 rings (SSSR count). The van der Waals surface area contributed by atoms with Crippen molar-refractivity contribution in [2.75, 3.05) is 14.2 Å². The van der Waals surface area contributed by atoms with Gasteiger partial charge in [-0.05, 0) is 96.6 Å². The summed E-state index contributed by atoms with van der Waals surface area (Å²) >= 11 is 0. The number of carbonyl (C=O) groups is 1. The fourth-order valence-corrected chi connectivity index (χ4v) is 6.76. The van der Waals surface area contributed by atoms with Gasteiger partial charge in [0, 0.05) is 11.6 Å². The predicted octanol–water partition coefficient (Wildman–Crippen LogP) is 6.02. The third-order valence-electron chi connectivity index (χ3n) is 7.67. The van der Waals surface area contributed by atoms with Crippen molar-refractivity contribution in [1.82, 2.24) is 0 Å². The zero-order valence-corrected chi connectivity index (χ0v) is 17.9. The first-order valence-electron chi connectivity index (χ1n) is 11.1. The molecule has 0 atom stereocenters. The molecule has 4 aliphatic carbocycles. The lowest BCUT2D eigenvalue weighted by Gasteiger charge is -2.57. The topological polar surface area (TPSA) is 35.5 Å². The van der Waals surface area contributed by atoms with Gasteiger partial charge in [-0.25, -0.2) is 4.79 Å². The normalized spacial score (nSPS) is 29.3. The van der Waals surface area contributed by atoms with E-state index in [1.54, 1.807) is 13.2 Å². The van der Waals surface area contributed by atoms with Crippen LogP contribution < -0.4 is 4.74 Å². The zero-order valence-electron chi connectivity index (χ0n) is 17.9. The molecule has 0 heterocycles. The summed E-state index contributed by atoms with van der Waals surface area (Å²) in [6, 6.07) is 15.1. The van der Waals surface area contributed by atoms with Gasteiger partial charge in [-0.1, -0.05) is 30.3 Å². The minimum absolute atomic E-state index is 0.305. The van der Waals surface area contributed by atoms with Crippen LogP contribution in [0.5, 0.6) is 5.75 Å². The van der Waals surface area contributed by atoms with Crippen molar-refractivity contribution in [2.24, 2.45) is 17.8 Å². The zero-order chi connectivity index (χ0) is 20.7. The van der Waals surface area contributed by atoms with Gasteiger partial charge in [-0.2, -0.15) is 0 Å². The Morgan fingerprint density at radius 2 is 1.50 bits per heavy atom. The van der Waals surface area contributed by atoms with Gasteiger partial charge in [0.15, 0.2) is 0 Å². The highest BCUT2D eigenvalue weighted by molar-refractivity contribution is 5.87. The van der Waals surface area contributed by atoms with Crippen molar-refractivity contribution >= 4 is 12.0 Å². The lowest BCUT2D eigenvalue weighted by atomic mass is 9.48. The monoisotopic (exact) mass is 402 g/mol.